The number of hydrogen-bond acceptors (Lipinski definition) is 3. The molecule has 5 nitrogen and oxygen atoms in total. The van der Waals surface area contributed by atoms with Gasteiger partial charge in [0, 0.05) is 38.4 Å². The van der Waals surface area contributed by atoms with E-state index in [1.807, 2.05) is 12.1 Å². The van der Waals surface area contributed by atoms with E-state index >= 15 is 0 Å². The number of aromatic nitrogens is 5. The second kappa shape index (κ2) is 13.0. The van der Waals surface area contributed by atoms with Crippen molar-refractivity contribution in [3.63, 3.8) is 0 Å². The Kier molecular flexibility index (Phi) is 7.42. The second-order valence-electron chi connectivity index (χ2n) is 14.1. The van der Waals surface area contributed by atoms with Gasteiger partial charge in [0.15, 0.2) is 11.6 Å². The first-order valence-electron chi connectivity index (χ1n) is 18.9. The van der Waals surface area contributed by atoms with Gasteiger partial charge >= 0.3 is 0 Å². The lowest BCUT2D eigenvalue weighted by molar-refractivity contribution is 0.953. The Morgan fingerprint density at radius 3 is 1.25 bits per heavy atom. The van der Waals surface area contributed by atoms with Crippen molar-refractivity contribution in [1.29, 1.82) is 0 Å². The van der Waals surface area contributed by atoms with E-state index in [9.17, 15) is 0 Å². The lowest BCUT2D eigenvalue weighted by atomic mass is 10.0. The van der Waals surface area contributed by atoms with Crippen LogP contribution in [0.1, 0.15) is 0 Å². The lowest BCUT2D eigenvalue weighted by Crippen LogP contribution is -2.06. The molecule has 3 aromatic heterocycles. The Morgan fingerprint density at radius 2 is 0.696 bits per heavy atom. The molecule has 0 unspecified atom stereocenters. The minimum Gasteiger partial charge on any atom is -0.309 e. The van der Waals surface area contributed by atoms with Gasteiger partial charge in [-0.3, -0.25) is 4.57 Å². The Balaban J connectivity index is 1.20. The van der Waals surface area contributed by atoms with Crippen molar-refractivity contribution in [3.8, 4) is 56.7 Å². The van der Waals surface area contributed by atoms with Crippen molar-refractivity contribution in [3.05, 3.63) is 200 Å². The van der Waals surface area contributed by atoms with Crippen LogP contribution in [0.5, 0.6) is 0 Å². The Labute approximate surface area is 323 Å². The fourth-order valence-electron chi connectivity index (χ4n) is 8.16. The van der Waals surface area contributed by atoms with E-state index in [-0.39, 0.29) is 0 Å². The standard InChI is InChI=1S/C51H33N5/c1-4-16-34(17-5-1)36-20-14-22-38(30-36)49-52-50(39-23-15-21-37(31-39)35-18-6-2-7-19-35)54-51(53-49)56-46-29-13-11-27-42(46)44-32-43-41-26-10-12-28-45(41)55(47(43)33-48(44)56)40-24-8-3-9-25-40/h1-33H. The molecule has 0 N–H and O–H groups in total. The van der Waals surface area contributed by atoms with E-state index in [2.05, 4.69) is 197 Å². The Morgan fingerprint density at radius 1 is 0.268 bits per heavy atom. The van der Waals surface area contributed by atoms with Crippen LogP contribution in [0, 0.1) is 0 Å². The van der Waals surface area contributed by atoms with E-state index in [0.717, 1.165) is 66.4 Å². The molecule has 0 aliphatic carbocycles. The maximum atomic E-state index is 5.32. The van der Waals surface area contributed by atoms with Crippen LogP contribution >= 0.6 is 0 Å². The highest BCUT2D eigenvalue weighted by Crippen LogP contribution is 2.40. The number of benzene rings is 8. The third-order valence-electron chi connectivity index (χ3n) is 10.8. The topological polar surface area (TPSA) is 48.5 Å². The summed E-state index contributed by atoms with van der Waals surface area (Å²) < 4.78 is 4.58. The molecule has 0 atom stereocenters. The van der Waals surface area contributed by atoms with Crippen LogP contribution in [-0.2, 0) is 0 Å². The molecule has 8 aromatic carbocycles. The van der Waals surface area contributed by atoms with Gasteiger partial charge < -0.3 is 4.57 Å². The predicted octanol–water partition coefficient (Wildman–Crippen LogP) is 12.7. The van der Waals surface area contributed by atoms with Crippen LogP contribution in [0.15, 0.2) is 200 Å². The van der Waals surface area contributed by atoms with Gasteiger partial charge in [-0.25, -0.2) is 4.98 Å². The Hall–Kier alpha value is -7.63. The lowest BCUT2D eigenvalue weighted by Gasteiger charge is -2.13. The SMILES string of the molecule is c1ccc(-c2cccc(-c3nc(-c4cccc(-c5ccccc5)c4)nc(-n4c5ccccc5c5cc6c7ccccc7n(-c7ccccc7)c6cc54)n3)c2)cc1. The van der Waals surface area contributed by atoms with Gasteiger partial charge in [0.2, 0.25) is 5.95 Å². The molecule has 11 rings (SSSR count). The molecule has 0 aliphatic heterocycles. The molecule has 5 heteroatoms. The van der Waals surface area contributed by atoms with E-state index in [4.69, 9.17) is 15.0 Å². The average molecular weight is 716 g/mol. The van der Waals surface area contributed by atoms with Crippen LogP contribution in [0.25, 0.3) is 100 Å². The zero-order valence-electron chi connectivity index (χ0n) is 30.3. The molecule has 3 heterocycles. The van der Waals surface area contributed by atoms with E-state index in [0.29, 0.717) is 17.6 Å². The largest absolute Gasteiger partial charge is 0.309 e. The summed E-state index contributed by atoms with van der Waals surface area (Å²) in [6.07, 6.45) is 0. The summed E-state index contributed by atoms with van der Waals surface area (Å²) in [6, 6.07) is 70.3. The first-order valence-corrected chi connectivity index (χ1v) is 18.9. The van der Waals surface area contributed by atoms with Crippen LogP contribution in [0.2, 0.25) is 0 Å². The van der Waals surface area contributed by atoms with Crippen LogP contribution in [0.3, 0.4) is 0 Å². The summed E-state index contributed by atoms with van der Waals surface area (Å²) in [7, 11) is 0. The molecule has 0 fully saturated rings. The minimum absolute atomic E-state index is 0.563. The number of rotatable bonds is 6. The first kappa shape index (κ1) is 31.9. The van der Waals surface area contributed by atoms with Crippen molar-refractivity contribution in [2.45, 2.75) is 0 Å². The summed E-state index contributed by atoms with van der Waals surface area (Å²) in [4.78, 5) is 15.9. The monoisotopic (exact) mass is 715 g/mol. The van der Waals surface area contributed by atoms with Crippen molar-refractivity contribution in [2.75, 3.05) is 0 Å². The number of hydrogen-bond donors (Lipinski definition) is 0. The summed E-state index contributed by atoms with van der Waals surface area (Å²) in [6.45, 7) is 0. The zero-order chi connectivity index (χ0) is 37.0. The smallest absolute Gasteiger partial charge is 0.238 e. The highest BCUT2D eigenvalue weighted by atomic mass is 15.2. The van der Waals surface area contributed by atoms with Crippen molar-refractivity contribution < 1.29 is 0 Å². The number of nitrogens with zero attached hydrogens (tertiary/aromatic N) is 5. The second-order valence-corrected chi connectivity index (χ2v) is 14.1. The van der Waals surface area contributed by atoms with Gasteiger partial charge in [-0.2, -0.15) is 9.97 Å². The maximum Gasteiger partial charge on any atom is 0.238 e. The molecule has 0 amide bonds. The summed E-state index contributed by atoms with van der Waals surface area (Å²) in [5, 5.41) is 4.70. The maximum absolute atomic E-state index is 5.32. The average Bonchev–Trinajstić information content (AvgIpc) is 3.78. The fourth-order valence-corrected chi connectivity index (χ4v) is 8.16. The third-order valence-corrected chi connectivity index (χ3v) is 10.8. The highest BCUT2D eigenvalue weighted by molar-refractivity contribution is 6.19. The van der Waals surface area contributed by atoms with Crippen molar-refractivity contribution in [1.82, 2.24) is 24.1 Å². The van der Waals surface area contributed by atoms with Crippen LogP contribution < -0.4 is 0 Å². The van der Waals surface area contributed by atoms with Crippen molar-refractivity contribution in [2.24, 2.45) is 0 Å². The van der Waals surface area contributed by atoms with Gasteiger partial charge in [-0.05, 0) is 70.8 Å². The van der Waals surface area contributed by atoms with Crippen molar-refractivity contribution >= 4 is 43.6 Å². The Bertz CT molecular complexity index is 3130. The van der Waals surface area contributed by atoms with Gasteiger partial charge in [0.1, 0.15) is 0 Å². The molecule has 0 bridgehead atoms. The van der Waals surface area contributed by atoms with Crippen LogP contribution in [0.4, 0.5) is 0 Å². The molecule has 0 spiro atoms. The fraction of sp³-hybridized carbons (Fsp3) is 0. The quantitative estimate of drug-likeness (QED) is 0.172. The molecule has 11 aromatic rings. The van der Waals surface area contributed by atoms with Crippen LogP contribution in [-0.4, -0.2) is 24.1 Å². The third kappa shape index (κ3) is 5.29. The highest BCUT2D eigenvalue weighted by Gasteiger charge is 2.21. The molecule has 262 valence electrons. The predicted molar refractivity (Wildman–Crippen MR) is 230 cm³/mol. The molecule has 0 saturated carbocycles. The van der Waals surface area contributed by atoms with E-state index in [1.165, 1.54) is 16.3 Å². The van der Waals surface area contributed by atoms with Gasteiger partial charge in [0.05, 0.1) is 22.1 Å². The molecular formula is C51H33N5. The summed E-state index contributed by atoms with van der Waals surface area (Å²) >= 11 is 0. The number of para-hydroxylation sites is 3. The van der Waals surface area contributed by atoms with Gasteiger partial charge in [-0.1, -0.05) is 152 Å². The molecule has 0 radical (unpaired) electrons. The molecule has 56 heavy (non-hydrogen) atoms. The normalized spacial score (nSPS) is 11.6. The zero-order valence-corrected chi connectivity index (χ0v) is 30.3. The summed E-state index contributed by atoms with van der Waals surface area (Å²) in [5.74, 6) is 1.78. The van der Waals surface area contributed by atoms with Gasteiger partial charge in [0.25, 0.3) is 0 Å². The molecule has 0 aliphatic rings. The number of fused-ring (bicyclic) bond motifs is 6. The molecule has 0 saturated heterocycles. The van der Waals surface area contributed by atoms with E-state index < -0.39 is 0 Å². The van der Waals surface area contributed by atoms with E-state index in [1.54, 1.807) is 0 Å². The minimum atomic E-state index is 0.563. The summed E-state index contributed by atoms with van der Waals surface area (Å²) in [5.41, 5.74) is 11.8. The first-order chi connectivity index (χ1) is 27.8. The molecular weight excluding hydrogens is 683 g/mol. The van der Waals surface area contributed by atoms with Gasteiger partial charge in [-0.15, -0.1) is 0 Å².